The van der Waals surface area contributed by atoms with Crippen LogP contribution in [0.4, 0.5) is 0 Å². The molecule has 1 N–H and O–H groups in total. The molecular weight excluding hydrogens is 352 g/mol. The molecule has 5 heteroatoms. The van der Waals surface area contributed by atoms with Crippen molar-refractivity contribution in [1.29, 1.82) is 0 Å². The maximum absolute atomic E-state index is 13.2. The van der Waals surface area contributed by atoms with Crippen molar-refractivity contribution < 1.29 is 14.3 Å². The van der Waals surface area contributed by atoms with Gasteiger partial charge in [-0.25, -0.2) is 0 Å². The Kier molecular flexibility index (Phi) is 6.34. The molecular formula is C23H28N2O3. The SMILES string of the molecule is COc1cccc(C(=O)N[C@@H](CC(C)C)C(=O)N2CCc3ccccc3C2)c1. The number of amides is 2. The van der Waals surface area contributed by atoms with Crippen LogP contribution < -0.4 is 10.1 Å². The Bertz CT molecular complexity index is 847. The zero-order valence-electron chi connectivity index (χ0n) is 16.8. The highest BCUT2D eigenvalue weighted by Gasteiger charge is 2.29. The van der Waals surface area contributed by atoms with Crippen LogP contribution in [0.2, 0.25) is 0 Å². The number of rotatable bonds is 6. The molecule has 1 heterocycles. The minimum atomic E-state index is -0.538. The van der Waals surface area contributed by atoms with Crippen LogP contribution in [-0.4, -0.2) is 36.4 Å². The van der Waals surface area contributed by atoms with Crippen molar-refractivity contribution in [2.45, 2.75) is 39.3 Å². The van der Waals surface area contributed by atoms with E-state index in [1.54, 1.807) is 31.4 Å². The molecule has 2 aromatic rings. The maximum atomic E-state index is 13.2. The number of hydrogen-bond acceptors (Lipinski definition) is 3. The monoisotopic (exact) mass is 380 g/mol. The lowest BCUT2D eigenvalue weighted by atomic mass is 9.97. The van der Waals surface area contributed by atoms with E-state index < -0.39 is 6.04 Å². The standard InChI is InChI=1S/C23H28N2O3/c1-16(2)13-21(24-22(26)18-9-6-10-20(14-18)28-3)23(27)25-12-11-17-7-4-5-8-19(17)15-25/h4-10,14,16,21H,11-13,15H2,1-3H3,(H,24,26)/t21-/m0/s1. The van der Waals surface area contributed by atoms with Crippen molar-refractivity contribution >= 4 is 11.8 Å². The molecule has 1 aliphatic heterocycles. The van der Waals surface area contributed by atoms with E-state index in [1.807, 2.05) is 17.0 Å². The lowest BCUT2D eigenvalue weighted by Gasteiger charge is -2.32. The summed E-state index contributed by atoms with van der Waals surface area (Å²) < 4.78 is 5.20. The van der Waals surface area contributed by atoms with Gasteiger partial charge in [0.25, 0.3) is 5.91 Å². The van der Waals surface area contributed by atoms with Gasteiger partial charge in [-0.1, -0.05) is 44.2 Å². The summed E-state index contributed by atoms with van der Waals surface area (Å²) in [5.74, 6) is 0.637. The largest absolute Gasteiger partial charge is 0.497 e. The van der Waals surface area contributed by atoms with Crippen molar-refractivity contribution in [2.75, 3.05) is 13.7 Å². The van der Waals surface area contributed by atoms with Gasteiger partial charge in [0.2, 0.25) is 5.91 Å². The third-order valence-corrected chi connectivity index (χ3v) is 5.08. The molecule has 0 fully saturated rings. The molecule has 3 rings (SSSR count). The molecule has 0 radical (unpaired) electrons. The van der Waals surface area contributed by atoms with E-state index in [0.29, 0.717) is 30.8 Å². The zero-order chi connectivity index (χ0) is 20.1. The number of fused-ring (bicyclic) bond motifs is 1. The second kappa shape index (κ2) is 8.91. The van der Waals surface area contributed by atoms with Crippen LogP contribution in [0.25, 0.3) is 0 Å². The molecule has 0 saturated heterocycles. The molecule has 0 aromatic heterocycles. The molecule has 1 aliphatic rings. The van der Waals surface area contributed by atoms with Gasteiger partial charge in [-0.3, -0.25) is 9.59 Å². The third-order valence-electron chi connectivity index (χ3n) is 5.08. The Morgan fingerprint density at radius 3 is 2.57 bits per heavy atom. The average Bonchev–Trinajstić information content (AvgIpc) is 2.72. The maximum Gasteiger partial charge on any atom is 0.252 e. The van der Waals surface area contributed by atoms with Gasteiger partial charge in [0.15, 0.2) is 0 Å². The summed E-state index contributed by atoms with van der Waals surface area (Å²) in [6.07, 6.45) is 1.45. The van der Waals surface area contributed by atoms with E-state index in [1.165, 1.54) is 11.1 Å². The summed E-state index contributed by atoms with van der Waals surface area (Å²) in [6, 6.07) is 14.7. The summed E-state index contributed by atoms with van der Waals surface area (Å²) in [4.78, 5) is 27.8. The molecule has 2 amide bonds. The van der Waals surface area contributed by atoms with E-state index in [-0.39, 0.29) is 17.7 Å². The van der Waals surface area contributed by atoms with Crippen LogP contribution in [0.5, 0.6) is 5.75 Å². The molecule has 1 atom stereocenters. The molecule has 0 spiro atoms. The first-order valence-corrected chi connectivity index (χ1v) is 9.78. The fourth-order valence-electron chi connectivity index (χ4n) is 3.60. The van der Waals surface area contributed by atoms with Crippen LogP contribution in [0, 0.1) is 5.92 Å². The fraction of sp³-hybridized carbons (Fsp3) is 0.391. The van der Waals surface area contributed by atoms with E-state index in [4.69, 9.17) is 4.74 Å². The molecule has 28 heavy (non-hydrogen) atoms. The van der Waals surface area contributed by atoms with Gasteiger partial charge in [-0.05, 0) is 48.1 Å². The van der Waals surface area contributed by atoms with Crippen molar-refractivity contribution in [2.24, 2.45) is 5.92 Å². The Hall–Kier alpha value is -2.82. The van der Waals surface area contributed by atoms with Crippen molar-refractivity contribution in [1.82, 2.24) is 10.2 Å². The lowest BCUT2D eigenvalue weighted by Crippen LogP contribution is -2.50. The van der Waals surface area contributed by atoms with E-state index >= 15 is 0 Å². The quantitative estimate of drug-likeness (QED) is 0.835. The number of ether oxygens (including phenoxy) is 1. The van der Waals surface area contributed by atoms with Crippen molar-refractivity contribution in [3.8, 4) is 5.75 Å². The highest BCUT2D eigenvalue weighted by Crippen LogP contribution is 2.21. The van der Waals surface area contributed by atoms with Gasteiger partial charge in [0.05, 0.1) is 7.11 Å². The zero-order valence-corrected chi connectivity index (χ0v) is 16.8. The smallest absolute Gasteiger partial charge is 0.252 e. The van der Waals surface area contributed by atoms with Crippen LogP contribution in [0.15, 0.2) is 48.5 Å². The van der Waals surface area contributed by atoms with Gasteiger partial charge in [0.1, 0.15) is 11.8 Å². The highest BCUT2D eigenvalue weighted by molar-refractivity contribution is 5.97. The summed E-state index contributed by atoms with van der Waals surface area (Å²) in [7, 11) is 1.57. The van der Waals surface area contributed by atoms with Crippen molar-refractivity contribution in [3.05, 3.63) is 65.2 Å². The Morgan fingerprint density at radius 2 is 1.86 bits per heavy atom. The third kappa shape index (κ3) is 4.71. The molecule has 0 unspecified atom stereocenters. The first kappa shape index (κ1) is 19.9. The number of nitrogens with zero attached hydrogens (tertiary/aromatic N) is 1. The van der Waals surface area contributed by atoms with E-state index in [0.717, 1.165) is 6.42 Å². The fourth-order valence-corrected chi connectivity index (χ4v) is 3.60. The summed E-state index contributed by atoms with van der Waals surface area (Å²) in [5.41, 5.74) is 2.97. The molecule has 0 bridgehead atoms. The minimum absolute atomic E-state index is 0.0144. The molecule has 5 nitrogen and oxygen atoms in total. The number of benzene rings is 2. The number of methoxy groups -OCH3 is 1. The van der Waals surface area contributed by atoms with Crippen LogP contribution >= 0.6 is 0 Å². The first-order valence-electron chi connectivity index (χ1n) is 9.78. The van der Waals surface area contributed by atoms with E-state index in [9.17, 15) is 9.59 Å². The second-order valence-corrected chi connectivity index (χ2v) is 7.67. The number of carbonyl (C=O) groups is 2. The average molecular weight is 380 g/mol. The second-order valence-electron chi connectivity index (χ2n) is 7.67. The number of nitrogens with one attached hydrogen (secondary N) is 1. The highest BCUT2D eigenvalue weighted by atomic mass is 16.5. The summed E-state index contributed by atoms with van der Waals surface area (Å²) in [6.45, 7) is 5.39. The van der Waals surface area contributed by atoms with Gasteiger partial charge in [0, 0.05) is 18.7 Å². The lowest BCUT2D eigenvalue weighted by molar-refractivity contribution is -0.134. The Balaban J connectivity index is 1.74. The number of hydrogen-bond donors (Lipinski definition) is 1. The molecule has 0 saturated carbocycles. The first-order chi connectivity index (χ1) is 13.5. The Labute approximate surface area is 166 Å². The molecule has 148 valence electrons. The Morgan fingerprint density at radius 1 is 1.11 bits per heavy atom. The van der Waals surface area contributed by atoms with Gasteiger partial charge in [-0.2, -0.15) is 0 Å². The topological polar surface area (TPSA) is 58.6 Å². The van der Waals surface area contributed by atoms with Crippen LogP contribution in [0.1, 0.15) is 41.8 Å². The van der Waals surface area contributed by atoms with Gasteiger partial charge >= 0.3 is 0 Å². The van der Waals surface area contributed by atoms with Gasteiger partial charge < -0.3 is 15.0 Å². The van der Waals surface area contributed by atoms with E-state index in [2.05, 4.69) is 31.3 Å². The van der Waals surface area contributed by atoms with Crippen molar-refractivity contribution in [3.63, 3.8) is 0 Å². The molecule has 0 aliphatic carbocycles. The van der Waals surface area contributed by atoms with Crippen LogP contribution in [0.3, 0.4) is 0 Å². The molecule has 2 aromatic carbocycles. The summed E-state index contributed by atoms with van der Waals surface area (Å²) >= 11 is 0. The summed E-state index contributed by atoms with van der Waals surface area (Å²) in [5, 5.41) is 2.95. The normalized spacial score (nSPS) is 14.4. The predicted octanol–water partition coefficient (Wildman–Crippen LogP) is 3.42. The van der Waals surface area contributed by atoms with Gasteiger partial charge in [-0.15, -0.1) is 0 Å². The number of carbonyl (C=O) groups excluding carboxylic acids is 2. The minimum Gasteiger partial charge on any atom is -0.497 e. The predicted molar refractivity (Wildman–Crippen MR) is 109 cm³/mol. The van der Waals surface area contributed by atoms with Crippen LogP contribution in [-0.2, 0) is 17.8 Å².